The number of aromatic nitrogens is 1. The molecule has 120 valence electrons. The summed E-state index contributed by atoms with van der Waals surface area (Å²) in [4.78, 5) is 4.65. The lowest BCUT2D eigenvalue weighted by molar-refractivity contribution is 0.382. The summed E-state index contributed by atoms with van der Waals surface area (Å²) in [5.41, 5.74) is 2.21. The number of ether oxygens (including phenoxy) is 2. The highest BCUT2D eigenvalue weighted by molar-refractivity contribution is 7.09. The van der Waals surface area contributed by atoms with Gasteiger partial charge in [0, 0.05) is 29.1 Å². The number of hydrogen-bond donors (Lipinski definition) is 1. The Morgan fingerprint density at radius 1 is 1.18 bits per heavy atom. The van der Waals surface area contributed by atoms with Crippen LogP contribution in [0.15, 0.2) is 23.6 Å². The van der Waals surface area contributed by atoms with Crippen LogP contribution in [0.25, 0.3) is 0 Å². The van der Waals surface area contributed by atoms with Crippen molar-refractivity contribution in [1.29, 1.82) is 0 Å². The molecule has 2 aromatic rings. The van der Waals surface area contributed by atoms with Gasteiger partial charge in [-0.1, -0.05) is 13.0 Å². The third-order valence-electron chi connectivity index (χ3n) is 3.72. The number of aryl methyl sites for hydroxylation is 1. The van der Waals surface area contributed by atoms with E-state index >= 15 is 0 Å². The molecule has 0 fully saturated rings. The average Bonchev–Trinajstić information content (AvgIpc) is 3.03. The Balaban J connectivity index is 2.12. The fourth-order valence-electron chi connectivity index (χ4n) is 2.41. The molecule has 5 heteroatoms. The van der Waals surface area contributed by atoms with E-state index in [9.17, 15) is 0 Å². The van der Waals surface area contributed by atoms with Crippen LogP contribution in [0.3, 0.4) is 0 Å². The van der Waals surface area contributed by atoms with Crippen LogP contribution < -0.4 is 14.8 Å². The van der Waals surface area contributed by atoms with Gasteiger partial charge < -0.3 is 14.8 Å². The maximum atomic E-state index is 5.48. The monoisotopic (exact) mass is 320 g/mol. The van der Waals surface area contributed by atoms with E-state index in [0.717, 1.165) is 29.2 Å². The second-order valence-electron chi connectivity index (χ2n) is 5.24. The minimum Gasteiger partial charge on any atom is -0.497 e. The van der Waals surface area contributed by atoms with Crippen molar-refractivity contribution >= 4 is 11.3 Å². The summed E-state index contributed by atoms with van der Waals surface area (Å²) < 4.78 is 10.7. The Labute approximate surface area is 136 Å². The highest BCUT2D eigenvalue weighted by Crippen LogP contribution is 2.30. The number of nitrogens with zero attached hydrogens (tertiary/aromatic N) is 1. The summed E-state index contributed by atoms with van der Waals surface area (Å²) in [6.45, 7) is 6.40. The van der Waals surface area contributed by atoms with Crippen LogP contribution in [-0.4, -0.2) is 19.2 Å². The smallest absolute Gasteiger partial charge is 0.127 e. The molecule has 0 aliphatic carbocycles. The van der Waals surface area contributed by atoms with Crippen LogP contribution in [0, 0.1) is 0 Å². The molecule has 0 radical (unpaired) electrons. The summed E-state index contributed by atoms with van der Waals surface area (Å²) >= 11 is 1.72. The van der Waals surface area contributed by atoms with Gasteiger partial charge in [-0.15, -0.1) is 11.3 Å². The zero-order valence-corrected chi connectivity index (χ0v) is 14.7. The molecule has 0 bridgehead atoms. The van der Waals surface area contributed by atoms with Gasteiger partial charge in [-0.3, -0.25) is 0 Å². The zero-order valence-electron chi connectivity index (χ0n) is 13.8. The highest BCUT2D eigenvalue weighted by atomic mass is 32.1. The molecule has 0 saturated heterocycles. The summed E-state index contributed by atoms with van der Waals surface area (Å²) in [5.74, 6) is 1.63. The molecule has 0 aliphatic heterocycles. The third-order valence-corrected chi connectivity index (χ3v) is 4.73. The molecule has 1 aromatic carbocycles. The lowest BCUT2D eigenvalue weighted by Crippen LogP contribution is -2.23. The summed E-state index contributed by atoms with van der Waals surface area (Å²) in [6, 6.07) is 6.26. The Morgan fingerprint density at radius 3 is 2.55 bits per heavy atom. The predicted molar refractivity (Wildman–Crippen MR) is 91.0 cm³/mol. The van der Waals surface area contributed by atoms with Crippen molar-refractivity contribution in [3.8, 4) is 11.5 Å². The van der Waals surface area contributed by atoms with E-state index in [2.05, 4.69) is 36.5 Å². The molecule has 2 rings (SSSR count). The molecule has 1 aromatic heterocycles. The van der Waals surface area contributed by atoms with Gasteiger partial charge in [-0.2, -0.15) is 0 Å². The van der Waals surface area contributed by atoms with Gasteiger partial charge >= 0.3 is 0 Å². The molecule has 4 nitrogen and oxygen atoms in total. The van der Waals surface area contributed by atoms with E-state index in [1.807, 2.05) is 18.2 Å². The zero-order chi connectivity index (χ0) is 16.1. The molecule has 0 amide bonds. The van der Waals surface area contributed by atoms with Gasteiger partial charge in [0.15, 0.2) is 0 Å². The number of methoxy groups -OCH3 is 2. The van der Waals surface area contributed by atoms with Gasteiger partial charge in [-0.05, 0) is 26.3 Å². The van der Waals surface area contributed by atoms with Crippen LogP contribution >= 0.6 is 11.3 Å². The minimum absolute atomic E-state index is 0.155. The lowest BCUT2D eigenvalue weighted by atomic mass is 10.1. The Kier molecular flexibility index (Phi) is 5.80. The van der Waals surface area contributed by atoms with Crippen LogP contribution in [0.5, 0.6) is 11.5 Å². The predicted octanol–water partition coefficient (Wildman–Crippen LogP) is 4.13. The second-order valence-corrected chi connectivity index (χ2v) is 6.18. The molecular formula is C17H24N2O2S. The van der Waals surface area contributed by atoms with E-state index in [1.165, 1.54) is 5.01 Å². The first-order valence-electron chi connectivity index (χ1n) is 7.51. The highest BCUT2D eigenvalue weighted by Gasteiger charge is 2.17. The molecule has 1 heterocycles. The number of hydrogen-bond acceptors (Lipinski definition) is 5. The molecular weight excluding hydrogens is 296 g/mol. The van der Waals surface area contributed by atoms with Crippen molar-refractivity contribution in [2.24, 2.45) is 0 Å². The molecule has 0 saturated carbocycles. The van der Waals surface area contributed by atoms with E-state index in [4.69, 9.17) is 9.47 Å². The standard InChI is InChI=1S/C17H24N2O2S/c1-6-17-19-15(10-22-17)12(3)18-11(2)14-8-7-13(20-4)9-16(14)21-5/h7-12,18H,6H2,1-5H3/t11-,12-/m1/s1. The fraction of sp³-hybridized carbons (Fsp3) is 0.471. The van der Waals surface area contributed by atoms with E-state index in [-0.39, 0.29) is 12.1 Å². The summed E-state index contributed by atoms with van der Waals surface area (Å²) in [7, 11) is 3.34. The Bertz CT molecular complexity index is 612. The van der Waals surface area contributed by atoms with Crippen molar-refractivity contribution in [3.05, 3.63) is 39.8 Å². The van der Waals surface area contributed by atoms with Crippen LogP contribution in [0.2, 0.25) is 0 Å². The topological polar surface area (TPSA) is 43.4 Å². The van der Waals surface area contributed by atoms with Crippen molar-refractivity contribution < 1.29 is 9.47 Å². The van der Waals surface area contributed by atoms with E-state index < -0.39 is 0 Å². The molecule has 2 atom stereocenters. The van der Waals surface area contributed by atoms with Gasteiger partial charge in [0.1, 0.15) is 11.5 Å². The Hall–Kier alpha value is -1.59. The summed E-state index contributed by atoms with van der Waals surface area (Å²) in [6.07, 6.45) is 0.985. The first kappa shape index (κ1) is 16.8. The number of thiazole rings is 1. The van der Waals surface area contributed by atoms with Crippen molar-refractivity contribution in [1.82, 2.24) is 10.3 Å². The second kappa shape index (κ2) is 7.61. The molecule has 0 aliphatic rings. The maximum absolute atomic E-state index is 5.48. The number of rotatable bonds is 7. The first-order valence-corrected chi connectivity index (χ1v) is 8.39. The molecule has 0 spiro atoms. The molecule has 0 unspecified atom stereocenters. The normalized spacial score (nSPS) is 13.7. The lowest BCUT2D eigenvalue weighted by Gasteiger charge is -2.21. The van der Waals surface area contributed by atoms with Crippen molar-refractivity contribution in [3.63, 3.8) is 0 Å². The van der Waals surface area contributed by atoms with Crippen molar-refractivity contribution in [2.45, 2.75) is 39.3 Å². The van der Waals surface area contributed by atoms with Gasteiger partial charge in [0.05, 0.1) is 24.9 Å². The van der Waals surface area contributed by atoms with Crippen LogP contribution in [0.4, 0.5) is 0 Å². The van der Waals surface area contributed by atoms with E-state index in [0.29, 0.717) is 0 Å². The quantitative estimate of drug-likeness (QED) is 0.833. The minimum atomic E-state index is 0.155. The molecule has 22 heavy (non-hydrogen) atoms. The maximum Gasteiger partial charge on any atom is 0.127 e. The average molecular weight is 320 g/mol. The van der Waals surface area contributed by atoms with Gasteiger partial charge in [0.2, 0.25) is 0 Å². The SMILES string of the molecule is CCc1nc([C@@H](C)N[C@H](C)c2ccc(OC)cc2OC)cs1. The van der Waals surface area contributed by atoms with Crippen LogP contribution in [-0.2, 0) is 6.42 Å². The summed E-state index contributed by atoms with van der Waals surface area (Å²) in [5, 5.41) is 6.90. The third kappa shape index (κ3) is 3.78. The molecule has 1 N–H and O–H groups in total. The van der Waals surface area contributed by atoms with Gasteiger partial charge in [-0.25, -0.2) is 4.98 Å². The van der Waals surface area contributed by atoms with Gasteiger partial charge in [0.25, 0.3) is 0 Å². The fourth-order valence-corrected chi connectivity index (χ4v) is 3.25. The largest absolute Gasteiger partial charge is 0.497 e. The van der Waals surface area contributed by atoms with Crippen LogP contribution in [0.1, 0.15) is 49.1 Å². The Morgan fingerprint density at radius 2 is 1.95 bits per heavy atom. The van der Waals surface area contributed by atoms with E-state index in [1.54, 1.807) is 25.6 Å². The van der Waals surface area contributed by atoms with Crippen molar-refractivity contribution in [2.75, 3.05) is 14.2 Å². The number of benzene rings is 1. The first-order chi connectivity index (χ1) is 10.6. The number of nitrogens with one attached hydrogen (secondary N) is 1.